The summed E-state index contributed by atoms with van der Waals surface area (Å²) in [4.78, 5) is 14.0. The molecule has 0 aliphatic carbocycles. The fourth-order valence-corrected chi connectivity index (χ4v) is 4.90. The van der Waals surface area contributed by atoms with Crippen LogP contribution in [0.5, 0.6) is 0 Å². The van der Waals surface area contributed by atoms with Crippen molar-refractivity contribution in [3.63, 3.8) is 0 Å². The molecule has 3 heterocycles. The smallest absolute Gasteiger partial charge is 0.193 e. The maximum atomic E-state index is 4.62. The Hall–Kier alpha value is -1.43. The van der Waals surface area contributed by atoms with Gasteiger partial charge in [-0.25, -0.2) is 4.98 Å². The number of hydrogen-bond acceptors (Lipinski definition) is 4. The highest BCUT2D eigenvalue weighted by atomic mass is 32.2. The molecule has 5 nitrogen and oxygen atoms in total. The van der Waals surface area contributed by atoms with Gasteiger partial charge in [-0.3, -0.25) is 4.99 Å². The van der Waals surface area contributed by atoms with Crippen LogP contribution in [0.1, 0.15) is 44.6 Å². The first-order valence-corrected chi connectivity index (χ1v) is 11.1. The van der Waals surface area contributed by atoms with E-state index in [1.165, 1.54) is 43.4 Å². The summed E-state index contributed by atoms with van der Waals surface area (Å²) in [7, 11) is 1.89. The summed E-state index contributed by atoms with van der Waals surface area (Å²) < 4.78 is 0. The van der Waals surface area contributed by atoms with E-state index in [0.717, 1.165) is 49.8 Å². The quantitative estimate of drug-likeness (QED) is 0.646. The van der Waals surface area contributed by atoms with Crippen LogP contribution < -0.4 is 10.2 Å². The third kappa shape index (κ3) is 5.29. The molecule has 1 N–H and O–H groups in total. The van der Waals surface area contributed by atoms with Gasteiger partial charge < -0.3 is 15.1 Å². The average molecular weight is 376 g/mol. The van der Waals surface area contributed by atoms with E-state index in [0.29, 0.717) is 0 Å². The van der Waals surface area contributed by atoms with Crippen molar-refractivity contribution >= 4 is 23.5 Å². The lowest BCUT2D eigenvalue weighted by atomic mass is 10.2. The number of thioether (sulfide) groups is 1. The van der Waals surface area contributed by atoms with Gasteiger partial charge in [-0.15, -0.1) is 0 Å². The zero-order valence-corrected chi connectivity index (χ0v) is 17.1. The van der Waals surface area contributed by atoms with Crippen molar-refractivity contribution in [2.75, 3.05) is 43.9 Å². The van der Waals surface area contributed by atoms with E-state index >= 15 is 0 Å². The summed E-state index contributed by atoms with van der Waals surface area (Å²) in [5, 5.41) is 4.28. The molecule has 26 heavy (non-hydrogen) atoms. The molecule has 2 saturated heterocycles. The highest BCUT2D eigenvalue weighted by Gasteiger charge is 2.21. The second kappa shape index (κ2) is 10.0. The van der Waals surface area contributed by atoms with Gasteiger partial charge in [0.15, 0.2) is 5.96 Å². The molecule has 3 rings (SSSR count). The van der Waals surface area contributed by atoms with Gasteiger partial charge in [0, 0.05) is 57.0 Å². The Morgan fingerprint density at radius 1 is 1.27 bits per heavy atom. The van der Waals surface area contributed by atoms with Crippen LogP contribution in [-0.4, -0.2) is 60.1 Å². The lowest BCUT2D eigenvalue weighted by Crippen LogP contribution is -2.47. The van der Waals surface area contributed by atoms with E-state index in [1.54, 1.807) is 0 Å². The number of pyridine rings is 1. The number of nitrogens with one attached hydrogen (secondary N) is 1. The molecular weight excluding hydrogens is 342 g/mol. The number of aliphatic imine (C=N–C) groups is 1. The molecule has 1 unspecified atom stereocenters. The van der Waals surface area contributed by atoms with E-state index in [9.17, 15) is 0 Å². The Morgan fingerprint density at radius 2 is 2.08 bits per heavy atom. The van der Waals surface area contributed by atoms with E-state index in [2.05, 4.69) is 55.9 Å². The minimum absolute atomic E-state index is 0.720. The van der Waals surface area contributed by atoms with Gasteiger partial charge in [-0.1, -0.05) is 19.8 Å². The van der Waals surface area contributed by atoms with Gasteiger partial charge in [0.25, 0.3) is 0 Å². The van der Waals surface area contributed by atoms with Gasteiger partial charge in [-0.05, 0) is 37.0 Å². The van der Waals surface area contributed by atoms with E-state index in [-0.39, 0.29) is 0 Å². The van der Waals surface area contributed by atoms with Crippen LogP contribution in [0.2, 0.25) is 0 Å². The standard InChI is InChI=1S/C20H33N5S/c1-3-18-16-25(12-13-26-18)20(21-2)23-15-17-8-9-22-19(14-17)24-10-6-4-5-7-11-24/h8-9,14,18H,3-7,10-13,15-16H2,1-2H3,(H,21,23). The summed E-state index contributed by atoms with van der Waals surface area (Å²) in [6.07, 6.45) is 8.43. The maximum Gasteiger partial charge on any atom is 0.193 e. The van der Waals surface area contributed by atoms with Crippen molar-refractivity contribution < 1.29 is 0 Å². The third-order valence-corrected chi connectivity index (χ3v) is 6.67. The van der Waals surface area contributed by atoms with Gasteiger partial charge in [0.2, 0.25) is 0 Å². The fraction of sp³-hybridized carbons (Fsp3) is 0.700. The average Bonchev–Trinajstić information content (AvgIpc) is 2.98. The predicted molar refractivity (Wildman–Crippen MR) is 113 cm³/mol. The van der Waals surface area contributed by atoms with E-state index in [1.807, 2.05) is 13.2 Å². The predicted octanol–water partition coefficient (Wildman–Crippen LogP) is 3.36. The van der Waals surface area contributed by atoms with Crippen molar-refractivity contribution in [2.24, 2.45) is 4.99 Å². The minimum Gasteiger partial charge on any atom is -0.357 e. The van der Waals surface area contributed by atoms with Crippen LogP contribution in [-0.2, 0) is 6.54 Å². The Kier molecular flexibility index (Phi) is 7.47. The fourth-order valence-electron chi connectivity index (χ4n) is 3.72. The van der Waals surface area contributed by atoms with Crippen molar-refractivity contribution in [1.29, 1.82) is 0 Å². The maximum absolute atomic E-state index is 4.62. The van der Waals surface area contributed by atoms with Crippen LogP contribution in [0.15, 0.2) is 23.3 Å². The van der Waals surface area contributed by atoms with Crippen LogP contribution in [0.25, 0.3) is 0 Å². The normalized spacial score (nSPS) is 22.2. The molecular formula is C20H33N5S. The number of guanidine groups is 1. The number of aromatic nitrogens is 1. The highest BCUT2D eigenvalue weighted by molar-refractivity contribution is 8.00. The number of anilines is 1. The monoisotopic (exact) mass is 375 g/mol. The molecule has 0 aromatic carbocycles. The van der Waals surface area contributed by atoms with Gasteiger partial charge in [-0.2, -0.15) is 11.8 Å². The Morgan fingerprint density at radius 3 is 2.81 bits per heavy atom. The molecule has 1 atom stereocenters. The molecule has 1 aromatic heterocycles. The molecule has 144 valence electrons. The van der Waals surface area contributed by atoms with Crippen LogP contribution in [0, 0.1) is 0 Å². The Balaban J connectivity index is 1.58. The van der Waals surface area contributed by atoms with Crippen LogP contribution in [0.3, 0.4) is 0 Å². The largest absolute Gasteiger partial charge is 0.357 e. The third-order valence-electron chi connectivity index (χ3n) is 5.30. The SMILES string of the molecule is CCC1CN(C(=NC)NCc2ccnc(N3CCCCCC3)c2)CCS1. The molecule has 0 bridgehead atoms. The van der Waals surface area contributed by atoms with Crippen LogP contribution >= 0.6 is 11.8 Å². The first kappa shape index (κ1) is 19.3. The molecule has 0 radical (unpaired) electrons. The molecule has 0 amide bonds. The zero-order chi connectivity index (χ0) is 18.2. The van der Waals surface area contributed by atoms with Gasteiger partial charge in [0.05, 0.1) is 0 Å². The van der Waals surface area contributed by atoms with Crippen molar-refractivity contribution in [3.8, 4) is 0 Å². The van der Waals surface area contributed by atoms with E-state index < -0.39 is 0 Å². The van der Waals surface area contributed by atoms with E-state index in [4.69, 9.17) is 0 Å². The first-order chi connectivity index (χ1) is 12.8. The number of hydrogen-bond donors (Lipinski definition) is 1. The first-order valence-electron chi connectivity index (χ1n) is 10.1. The summed E-state index contributed by atoms with van der Waals surface area (Å²) in [6.45, 7) is 7.52. The molecule has 2 aliphatic rings. The highest BCUT2D eigenvalue weighted by Crippen LogP contribution is 2.21. The molecule has 0 saturated carbocycles. The van der Waals surface area contributed by atoms with Crippen molar-refractivity contribution in [3.05, 3.63) is 23.9 Å². The number of rotatable bonds is 4. The Bertz CT molecular complexity index is 583. The minimum atomic E-state index is 0.720. The Labute approximate surface area is 162 Å². The molecule has 6 heteroatoms. The molecule has 2 aliphatic heterocycles. The zero-order valence-electron chi connectivity index (χ0n) is 16.3. The second-order valence-electron chi connectivity index (χ2n) is 7.17. The summed E-state index contributed by atoms with van der Waals surface area (Å²) in [5.74, 6) is 3.34. The van der Waals surface area contributed by atoms with Crippen molar-refractivity contribution in [2.45, 2.75) is 50.8 Å². The van der Waals surface area contributed by atoms with Crippen molar-refractivity contribution in [1.82, 2.24) is 15.2 Å². The summed E-state index contributed by atoms with van der Waals surface area (Å²) in [6, 6.07) is 4.36. The topological polar surface area (TPSA) is 43.8 Å². The molecule has 1 aromatic rings. The van der Waals surface area contributed by atoms with Crippen LogP contribution in [0.4, 0.5) is 5.82 Å². The molecule has 2 fully saturated rings. The lowest BCUT2D eigenvalue weighted by molar-refractivity contribution is 0.408. The molecule has 0 spiro atoms. The summed E-state index contributed by atoms with van der Waals surface area (Å²) in [5.41, 5.74) is 1.28. The van der Waals surface area contributed by atoms with Gasteiger partial charge >= 0.3 is 0 Å². The number of nitrogens with zero attached hydrogens (tertiary/aromatic N) is 4. The van der Waals surface area contributed by atoms with Gasteiger partial charge in [0.1, 0.15) is 5.82 Å². The second-order valence-corrected chi connectivity index (χ2v) is 8.58. The lowest BCUT2D eigenvalue weighted by Gasteiger charge is -2.34. The summed E-state index contributed by atoms with van der Waals surface area (Å²) >= 11 is 2.09.